The summed E-state index contributed by atoms with van der Waals surface area (Å²) in [5.74, 6) is -2.93. The summed E-state index contributed by atoms with van der Waals surface area (Å²) in [4.78, 5) is 4.04. The number of aromatic nitrogens is 2. The molecule has 20 heavy (non-hydrogen) atoms. The Balaban J connectivity index is 0.000000704. The van der Waals surface area contributed by atoms with Crippen molar-refractivity contribution in [3.63, 3.8) is 0 Å². The summed E-state index contributed by atoms with van der Waals surface area (Å²) in [7, 11) is 0. The topological polar surface area (TPSA) is 30.4 Å². The van der Waals surface area contributed by atoms with Gasteiger partial charge in [-0.3, -0.25) is 4.40 Å². The summed E-state index contributed by atoms with van der Waals surface area (Å²) >= 11 is 0. The van der Waals surface area contributed by atoms with Gasteiger partial charge in [0.15, 0.2) is 11.6 Å². The first-order valence-corrected chi connectivity index (χ1v) is 6.15. The van der Waals surface area contributed by atoms with E-state index in [0.717, 1.165) is 6.07 Å². The van der Waals surface area contributed by atoms with Crippen molar-refractivity contribution in [2.45, 2.75) is 20.8 Å². The fourth-order valence-corrected chi connectivity index (χ4v) is 1.86. The van der Waals surface area contributed by atoms with E-state index in [4.69, 9.17) is 4.42 Å². The number of nitrogens with zero attached hydrogens (tertiary/aromatic N) is 2. The number of halogens is 3. The second kappa shape index (κ2) is 5.40. The number of rotatable bonds is 1. The van der Waals surface area contributed by atoms with Gasteiger partial charge in [0.1, 0.15) is 12.1 Å². The Labute approximate surface area is 113 Å². The van der Waals surface area contributed by atoms with Gasteiger partial charge in [0.2, 0.25) is 0 Å². The van der Waals surface area contributed by atoms with Crippen LogP contribution < -0.4 is 0 Å². The largest absolute Gasteiger partial charge is 0.432 e. The molecule has 6 heteroatoms. The zero-order valence-corrected chi connectivity index (χ0v) is 11.2. The molecule has 0 fully saturated rings. The number of aryl methyl sites for hydroxylation is 1. The van der Waals surface area contributed by atoms with E-state index in [2.05, 4.69) is 4.98 Å². The molecule has 0 aliphatic heterocycles. The van der Waals surface area contributed by atoms with Crippen molar-refractivity contribution < 1.29 is 17.6 Å². The molecule has 0 saturated carbocycles. The van der Waals surface area contributed by atoms with Gasteiger partial charge in [-0.15, -0.1) is 0 Å². The van der Waals surface area contributed by atoms with Gasteiger partial charge in [-0.2, -0.15) is 4.98 Å². The molecule has 0 spiro atoms. The molecule has 0 saturated heterocycles. The first-order chi connectivity index (χ1) is 9.58. The van der Waals surface area contributed by atoms with E-state index < -0.39 is 17.5 Å². The van der Waals surface area contributed by atoms with Crippen LogP contribution in [0.1, 0.15) is 19.5 Å². The summed E-state index contributed by atoms with van der Waals surface area (Å²) in [6.45, 7) is 5.69. The Morgan fingerprint density at radius 2 is 1.70 bits per heavy atom. The van der Waals surface area contributed by atoms with Crippen molar-refractivity contribution in [2.75, 3.05) is 0 Å². The fourth-order valence-electron chi connectivity index (χ4n) is 1.86. The molecule has 3 aromatic rings. The monoisotopic (exact) mass is 282 g/mol. The third-order valence-electron chi connectivity index (χ3n) is 2.77. The molecule has 0 amide bonds. The van der Waals surface area contributed by atoms with Crippen LogP contribution in [0.25, 0.3) is 17.1 Å². The van der Waals surface area contributed by atoms with E-state index >= 15 is 0 Å². The van der Waals surface area contributed by atoms with Crippen LogP contribution in [0.2, 0.25) is 0 Å². The van der Waals surface area contributed by atoms with Gasteiger partial charge in [-0.05, 0) is 13.0 Å². The first-order valence-electron chi connectivity index (χ1n) is 6.15. The van der Waals surface area contributed by atoms with Crippen LogP contribution in [0, 0.1) is 24.4 Å². The van der Waals surface area contributed by atoms with Gasteiger partial charge in [-0.1, -0.05) is 13.8 Å². The molecule has 1 aromatic carbocycles. The van der Waals surface area contributed by atoms with Crippen molar-refractivity contribution in [1.82, 2.24) is 9.38 Å². The Hall–Kier alpha value is -2.24. The molecule has 2 aromatic heterocycles. The average molecular weight is 282 g/mol. The Morgan fingerprint density at radius 3 is 2.35 bits per heavy atom. The van der Waals surface area contributed by atoms with Gasteiger partial charge in [0.25, 0.3) is 0 Å². The molecule has 3 rings (SSSR count). The van der Waals surface area contributed by atoms with E-state index in [9.17, 15) is 13.2 Å². The molecule has 0 radical (unpaired) electrons. The molecule has 0 aliphatic carbocycles. The minimum atomic E-state index is -1.23. The van der Waals surface area contributed by atoms with Gasteiger partial charge in [0, 0.05) is 17.8 Å². The highest BCUT2D eigenvalue weighted by molar-refractivity contribution is 5.65. The molecule has 3 nitrogen and oxygen atoms in total. The van der Waals surface area contributed by atoms with Crippen molar-refractivity contribution in [2.24, 2.45) is 0 Å². The highest BCUT2D eigenvalue weighted by Crippen LogP contribution is 2.28. The van der Waals surface area contributed by atoms with Crippen LogP contribution in [-0.4, -0.2) is 9.38 Å². The van der Waals surface area contributed by atoms with E-state index in [1.165, 1.54) is 6.26 Å². The third kappa shape index (κ3) is 2.17. The summed E-state index contributed by atoms with van der Waals surface area (Å²) in [6, 6.07) is 1.30. The number of fused-ring (bicyclic) bond motifs is 1. The lowest BCUT2D eigenvalue weighted by atomic mass is 10.1. The van der Waals surface area contributed by atoms with Crippen LogP contribution in [0.3, 0.4) is 0 Å². The number of oxazole rings is 1. The predicted molar refractivity (Wildman–Crippen MR) is 68.9 cm³/mol. The lowest BCUT2D eigenvalue weighted by molar-refractivity contribution is 0.496. The van der Waals surface area contributed by atoms with Crippen LogP contribution in [0.4, 0.5) is 13.2 Å². The molecule has 0 N–H and O–H groups in total. The normalized spacial score (nSPS) is 10.5. The van der Waals surface area contributed by atoms with Crippen LogP contribution in [0.5, 0.6) is 0 Å². The maximum atomic E-state index is 13.6. The van der Waals surface area contributed by atoms with Gasteiger partial charge < -0.3 is 4.42 Å². The standard InChI is InChI=1S/C12H7F3N2O.C2H6/c1-6-11(16-12-17(6)2-3-18-12)7-4-9(14)10(15)5-8(7)13;1-2/h2-5H,1H3;1-2H3. The minimum absolute atomic E-state index is 0.0923. The van der Waals surface area contributed by atoms with Gasteiger partial charge in [-0.25, -0.2) is 13.2 Å². The van der Waals surface area contributed by atoms with E-state index in [-0.39, 0.29) is 17.1 Å². The Bertz CT molecular complexity index is 746. The van der Waals surface area contributed by atoms with E-state index in [0.29, 0.717) is 11.8 Å². The highest BCUT2D eigenvalue weighted by Gasteiger charge is 2.18. The molecule has 0 atom stereocenters. The average Bonchev–Trinajstić information content (AvgIpc) is 3.00. The second-order valence-corrected chi connectivity index (χ2v) is 3.85. The van der Waals surface area contributed by atoms with Gasteiger partial charge in [0.05, 0.1) is 11.4 Å². The minimum Gasteiger partial charge on any atom is -0.432 e. The molecule has 0 aliphatic rings. The number of hydrogen-bond donors (Lipinski definition) is 0. The quantitative estimate of drug-likeness (QED) is 0.621. The number of hydrogen-bond acceptors (Lipinski definition) is 2. The molecule has 2 heterocycles. The van der Waals surface area contributed by atoms with Crippen molar-refractivity contribution in [3.8, 4) is 11.3 Å². The maximum absolute atomic E-state index is 13.6. The predicted octanol–water partition coefficient (Wildman–Crippen LogP) is 4.35. The Kier molecular flexibility index (Phi) is 3.83. The fraction of sp³-hybridized carbons (Fsp3) is 0.214. The summed E-state index contributed by atoms with van der Waals surface area (Å²) in [5.41, 5.74) is 0.722. The Morgan fingerprint density at radius 1 is 1.05 bits per heavy atom. The summed E-state index contributed by atoms with van der Waals surface area (Å²) in [6.07, 6.45) is 3.04. The van der Waals surface area contributed by atoms with Crippen molar-refractivity contribution in [3.05, 3.63) is 47.7 Å². The molecule has 0 unspecified atom stereocenters. The smallest absolute Gasteiger partial charge is 0.306 e. The lowest BCUT2D eigenvalue weighted by Crippen LogP contribution is -1.93. The van der Waals surface area contributed by atoms with Crippen LogP contribution in [-0.2, 0) is 0 Å². The number of imidazole rings is 1. The maximum Gasteiger partial charge on any atom is 0.306 e. The zero-order valence-electron chi connectivity index (χ0n) is 11.2. The number of benzene rings is 1. The van der Waals surface area contributed by atoms with Crippen LogP contribution in [0.15, 0.2) is 29.0 Å². The van der Waals surface area contributed by atoms with Crippen molar-refractivity contribution in [1.29, 1.82) is 0 Å². The third-order valence-corrected chi connectivity index (χ3v) is 2.77. The van der Waals surface area contributed by atoms with E-state index in [1.54, 1.807) is 17.5 Å². The summed E-state index contributed by atoms with van der Waals surface area (Å²) < 4.78 is 46.3. The van der Waals surface area contributed by atoms with Crippen molar-refractivity contribution >= 4 is 5.84 Å². The molecule has 0 bridgehead atoms. The van der Waals surface area contributed by atoms with E-state index in [1.807, 2.05) is 13.8 Å². The first kappa shape index (κ1) is 14.2. The molecular formula is C14H13F3N2O. The molecular weight excluding hydrogens is 269 g/mol. The zero-order chi connectivity index (χ0) is 14.9. The SMILES string of the molecule is CC.Cc1c(-c2cc(F)c(F)cc2F)nc2occn12. The molecule has 106 valence electrons. The summed E-state index contributed by atoms with van der Waals surface area (Å²) in [5, 5.41) is 0. The highest BCUT2D eigenvalue weighted by atomic mass is 19.2. The lowest BCUT2D eigenvalue weighted by Gasteiger charge is -2.02. The van der Waals surface area contributed by atoms with Gasteiger partial charge >= 0.3 is 5.84 Å². The van der Waals surface area contributed by atoms with Crippen LogP contribution >= 0.6 is 0 Å². The second-order valence-electron chi connectivity index (χ2n) is 3.85.